The van der Waals surface area contributed by atoms with Gasteiger partial charge in [-0.05, 0) is 30.6 Å². The quantitative estimate of drug-likeness (QED) is 0.661. The Morgan fingerprint density at radius 3 is 2.92 bits per heavy atom. The number of fused-ring (bicyclic) bond motifs is 1. The molecule has 1 atom stereocenters. The maximum atomic E-state index is 12.5. The van der Waals surface area contributed by atoms with E-state index in [2.05, 4.69) is 15.6 Å². The van der Waals surface area contributed by atoms with Crippen molar-refractivity contribution < 1.29 is 14.0 Å². The SMILES string of the molecule is CSCC[C@@H](NC(=O)c1cc2ccccc2o1)C(=O)Nc1nccs1. The molecule has 25 heavy (non-hydrogen) atoms. The fourth-order valence-electron chi connectivity index (χ4n) is 2.31. The van der Waals surface area contributed by atoms with E-state index in [9.17, 15) is 9.59 Å². The second kappa shape index (κ2) is 8.17. The monoisotopic (exact) mass is 375 g/mol. The van der Waals surface area contributed by atoms with Gasteiger partial charge in [-0.2, -0.15) is 11.8 Å². The number of thioether (sulfide) groups is 1. The van der Waals surface area contributed by atoms with Crippen LogP contribution in [0.2, 0.25) is 0 Å². The summed E-state index contributed by atoms with van der Waals surface area (Å²) in [6, 6.07) is 8.41. The Hall–Kier alpha value is -2.32. The van der Waals surface area contributed by atoms with Crippen molar-refractivity contribution in [2.45, 2.75) is 12.5 Å². The number of anilines is 1. The largest absolute Gasteiger partial charge is 0.451 e. The standard InChI is InChI=1S/C17H17N3O3S2/c1-24-8-6-12(15(21)20-17-18-7-9-25-17)19-16(22)14-10-11-4-2-3-5-13(11)23-14/h2-5,7,9-10,12H,6,8H2,1H3,(H,19,22)(H,18,20,21)/t12-/m1/s1. The number of rotatable bonds is 7. The predicted octanol–water partition coefficient (Wildman–Crippen LogP) is 3.38. The van der Waals surface area contributed by atoms with Gasteiger partial charge >= 0.3 is 0 Å². The number of amides is 2. The van der Waals surface area contributed by atoms with E-state index in [0.29, 0.717) is 17.1 Å². The molecule has 0 bridgehead atoms. The van der Waals surface area contributed by atoms with E-state index in [1.165, 1.54) is 11.3 Å². The van der Waals surface area contributed by atoms with Crippen molar-refractivity contribution >= 4 is 51.0 Å². The number of para-hydroxylation sites is 1. The van der Waals surface area contributed by atoms with Crippen LogP contribution >= 0.6 is 23.1 Å². The van der Waals surface area contributed by atoms with Crippen molar-refractivity contribution in [2.75, 3.05) is 17.3 Å². The summed E-state index contributed by atoms with van der Waals surface area (Å²) >= 11 is 2.95. The number of hydrogen-bond acceptors (Lipinski definition) is 6. The molecule has 0 aliphatic rings. The average Bonchev–Trinajstić information content (AvgIpc) is 3.27. The minimum absolute atomic E-state index is 0.192. The number of carbonyl (C=O) groups excluding carboxylic acids is 2. The average molecular weight is 375 g/mol. The molecule has 0 aliphatic heterocycles. The van der Waals surface area contributed by atoms with E-state index in [-0.39, 0.29) is 11.7 Å². The van der Waals surface area contributed by atoms with Crippen LogP contribution in [0.25, 0.3) is 11.0 Å². The molecule has 0 saturated heterocycles. The summed E-state index contributed by atoms with van der Waals surface area (Å²) in [5.41, 5.74) is 0.639. The summed E-state index contributed by atoms with van der Waals surface area (Å²) in [6.45, 7) is 0. The molecule has 2 N–H and O–H groups in total. The van der Waals surface area contributed by atoms with Gasteiger partial charge in [0.25, 0.3) is 5.91 Å². The summed E-state index contributed by atoms with van der Waals surface area (Å²) < 4.78 is 5.56. The molecule has 0 saturated carbocycles. The molecular formula is C17H17N3O3S2. The first kappa shape index (κ1) is 17.5. The second-order valence-corrected chi connectivity index (χ2v) is 7.16. The van der Waals surface area contributed by atoms with Crippen LogP contribution in [0.15, 0.2) is 46.3 Å². The third-order valence-corrected chi connectivity index (χ3v) is 4.88. The molecule has 0 radical (unpaired) electrons. The minimum atomic E-state index is -0.655. The molecule has 3 rings (SSSR count). The van der Waals surface area contributed by atoms with Crippen molar-refractivity contribution in [1.82, 2.24) is 10.3 Å². The number of benzene rings is 1. The topological polar surface area (TPSA) is 84.2 Å². The highest BCUT2D eigenvalue weighted by Crippen LogP contribution is 2.19. The number of nitrogens with zero attached hydrogens (tertiary/aromatic N) is 1. The Kier molecular flexibility index (Phi) is 5.72. The summed E-state index contributed by atoms with van der Waals surface area (Å²) in [4.78, 5) is 29.0. The van der Waals surface area contributed by atoms with Gasteiger partial charge in [0.05, 0.1) is 0 Å². The number of thiazole rings is 1. The highest BCUT2D eigenvalue weighted by molar-refractivity contribution is 7.98. The molecule has 0 spiro atoms. The summed E-state index contributed by atoms with van der Waals surface area (Å²) in [5, 5.41) is 8.62. The smallest absolute Gasteiger partial charge is 0.287 e. The first-order valence-corrected chi connectivity index (χ1v) is 9.93. The molecule has 2 amide bonds. The molecule has 0 unspecified atom stereocenters. The molecule has 0 aliphatic carbocycles. The van der Waals surface area contributed by atoms with Crippen LogP contribution in [0.1, 0.15) is 17.0 Å². The van der Waals surface area contributed by atoms with Crippen LogP contribution in [-0.2, 0) is 4.79 Å². The fourth-order valence-corrected chi connectivity index (χ4v) is 3.31. The van der Waals surface area contributed by atoms with E-state index in [1.807, 2.05) is 24.5 Å². The Balaban J connectivity index is 1.72. The summed E-state index contributed by atoms with van der Waals surface area (Å²) in [5.74, 6) is 0.249. The van der Waals surface area contributed by atoms with Gasteiger partial charge < -0.3 is 15.1 Å². The fraction of sp³-hybridized carbons (Fsp3) is 0.235. The molecule has 8 heteroatoms. The van der Waals surface area contributed by atoms with Crippen molar-refractivity contribution in [2.24, 2.45) is 0 Å². The van der Waals surface area contributed by atoms with E-state index in [4.69, 9.17) is 4.42 Å². The highest BCUT2D eigenvalue weighted by atomic mass is 32.2. The lowest BCUT2D eigenvalue weighted by atomic mass is 10.2. The molecular weight excluding hydrogens is 358 g/mol. The summed E-state index contributed by atoms with van der Waals surface area (Å²) in [6.07, 6.45) is 4.09. The van der Waals surface area contributed by atoms with Crippen molar-refractivity contribution in [3.8, 4) is 0 Å². The third-order valence-electron chi connectivity index (χ3n) is 3.54. The highest BCUT2D eigenvalue weighted by Gasteiger charge is 2.23. The van der Waals surface area contributed by atoms with Crippen LogP contribution < -0.4 is 10.6 Å². The van der Waals surface area contributed by atoms with E-state index >= 15 is 0 Å². The van der Waals surface area contributed by atoms with Gasteiger partial charge in [0.15, 0.2) is 10.9 Å². The van der Waals surface area contributed by atoms with Crippen LogP contribution in [-0.4, -0.2) is 34.8 Å². The maximum absolute atomic E-state index is 12.5. The van der Waals surface area contributed by atoms with Crippen molar-refractivity contribution in [3.63, 3.8) is 0 Å². The Morgan fingerprint density at radius 1 is 1.36 bits per heavy atom. The molecule has 2 heterocycles. The number of aromatic nitrogens is 1. The zero-order valence-electron chi connectivity index (χ0n) is 13.5. The van der Waals surface area contributed by atoms with E-state index in [1.54, 1.807) is 35.5 Å². The lowest BCUT2D eigenvalue weighted by Crippen LogP contribution is -2.44. The van der Waals surface area contributed by atoms with Crippen LogP contribution in [0.5, 0.6) is 0 Å². The normalized spacial score (nSPS) is 12.0. The molecule has 1 aromatic carbocycles. The molecule has 0 fully saturated rings. The molecule has 6 nitrogen and oxygen atoms in total. The molecule has 130 valence electrons. The van der Waals surface area contributed by atoms with Gasteiger partial charge in [-0.15, -0.1) is 11.3 Å². The first-order chi connectivity index (χ1) is 12.2. The van der Waals surface area contributed by atoms with Gasteiger partial charge in [0.1, 0.15) is 11.6 Å². The molecule has 2 aromatic heterocycles. The van der Waals surface area contributed by atoms with E-state index < -0.39 is 11.9 Å². The number of hydrogen-bond donors (Lipinski definition) is 2. The lowest BCUT2D eigenvalue weighted by molar-refractivity contribution is -0.118. The van der Waals surface area contributed by atoms with Gasteiger partial charge in [-0.25, -0.2) is 4.98 Å². The van der Waals surface area contributed by atoms with Gasteiger partial charge in [0.2, 0.25) is 5.91 Å². The van der Waals surface area contributed by atoms with Crippen LogP contribution in [0.4, 0.5) is 5.13 Å². The van der Waals surface area contributed by atoms with Crippen LogP contribution in [0.3, 0.4) is 0 Å². The lowest BCUT2D eigenvalue weighted by Gasteiger charge is -2.16. The van der Waals surface area contributed by atoms with Gasteiger partial charge in [-0.1, -0.05) is 18.2 Å². The third kappa shape index (κ3) is 4.40. The molecule has 3 aromatic rings. The van der Waals surface area contributed by atoms with Crippen molar-refractivity contribution in [1.29, 1.82) is 0 Å². The minimum Gasteiger partial charge on any atom is -0.451 e. The number of furan rings is 1. The second-order valence-electron chi connectivity index (χ2n) is 5.28. The van der Waals surface area contributed by atoms with Gasteiger partial charge in [-0.3, -0.25) is 9.59 Å². The zero-order chi connectivity index (χ0) is 17.6. The number of nitrogens with one attached hydrogen (secondary N) is 2. The Bertz CT molecular complexity index is 828. The van der Waals surface area contributed by atoms with Crippen LogP contribution in [0, 0.1) is 0 Å². The maximum Gasteiger partial charge on any atom is 0.287 e. The van der Waals surface area contributed by atoms with Crippen molar-refractivity contribution in [3.05, 3.63) is 47.7 Å². The number of carbonyl (C=O) groups is 2. The summed E-state index contributed by atoms with van der Waals surface area (Å²) in [7, 11) is 0. The van der Waals surface area contributed by atoms with E-state index in [0.717, 1.165) is 11.1 Å². The predicted molar refractivity (Wildman–Crippen MR) is 101 cm³/mol. The zero-order valence-corrected chi connectivity index (χ0v) is 15.2. The first-order valence-electron chi connectivity index (χ1n) is 7.66. The van der Waals surface area contributed by atoms with Gasteiger partial charge in [0, 0.05) is 17.0 Å². The Labute approximate surface area is 153 Å². The Morgan fingerprint density at radius 2 is 2.20 bits per heavy atom.